The molecule has 0 aliphatic carbocycles. The number of carbonyl (C=O) groups is 1. The van der Waals surface area contributed by atoms with Crippen LogP contribution in [-0.2, 0) is 14.8 Å². The molecule has 0 atom stereocenters. The van der Waals surface area contributed by atoms with Crippen LogP contribution in [0.15, 0.2) is 24.3 Å². The average molecular weight is 359 g/mol. The summed E-state index contributed by atoms with van der Waals surface area (Å²) < 4.78 is 25.8. The first-order valence-corrected chi connectivity index (χ1v) is 9.95. The van der Waals surface area contributed by atoms with Crippen molar-refractivity contribution in [1.82, 2.24) is 4.31 Å². The highest BCUT2D eigenvalue weighted by Crippen LogP contribution is 2.22. The van der Waals surface area contributed by atoms with Crippen molar-refractivity contribution >= 4 is 33.2 Å². The molecule has 1 aliphatic rings. The highest BCUT2D eigenvalue weighted by atomic mass is 35.5. The van der Waals surface area contributed by atoms with Crippen LogP contribution in [0.3, 0.4) is 0 Å². The first kappa shape index (κ1) is 18.2. The van der Waals surface area contributed by atoms with Crippen LogP contribution in [0.4, 0.5) is 5.69 Å². The maximum atomic E-state index is 12.3. The quantitative estimate of drug-likeness (QED) is 0.849. The van der Waals surface area contributed by atoms with Gasteiger partial charge in [-0.2, -0.15) is 0 Å². The maximum absolute atomic E-state index is 12.3. The number of unbranched alkanes of at least 4 members (excludes halogenated alkanes) is 1. The molecule has 5 nitrogen and oxygen atoms in total. The van der Waals surface area contributed by atoms with E-state index >= 15 is 0 Å². The topological polar surface area (TPSA) is 66.5 Å². The molecule has 2 rings (SSSR count). The minimum atomic E-state index is -3.17. The lowest BCUT2D eigenvalue weighted by Crippen LogP contribution is -2.42. The standard InChI is InChI=1S/C16H23ClN2O3S/c1-2-3-12-23(21,22)19-10-8-13(9-11-19)16(20)18-15-6-4-14(17)5-7-15/h4-7,13H,2-3,8-12H2,1H3,(H,18,20). The minimum absolute atomic E-state index is 0.0575. The van der Waals surface area contributed by atoms with Crippen molar-refractivity contribution in [2.75, 3.05) is 24.2 Å². The van der Waals surface area contributed by atoms with E-state index in [-0.39, 0.29) is 17.6 Å². The van der Waals surface area contributed by atoms with Gasteiger partial charge in [0.25, 0.3) is 0 Å². The second-order valence-corrected chi connectivity index (χ2v) is 8.36. The smallest absolute Gasteiger partial charge is 0.227 e. The monoisotopic (exact) mass is 358 g/mol. The molecule has 0 saturated carbocycles. The van der Waals surface area contributed by atoms with Crippen LogP contribution in [0, 0.1) is 5.92 Å². The SMILES string of the molecule is CCCCS(=O)(=O)N1CCC(C(=O)Nc2ccc(Cl)cc2)CC1. The van der Waals surface area contributed by atoms with Crippen molar-refractivity contribution < 1.29 is 13.2 Å². The summed E-state index contributed by atoms with van der Waals surface area (Å²) in [6.45, 7) is 2.82. The maximum Gasteiger partial charge on any atom is 0.227 e. The Morgan fingerprint density at radius 1 is 1.26 bits per heavy atom. The van der Waals surface area contributed by atoms with Crippen molar-refractivity contribution in [2.24, 2.45) is 5.92 Å². The fourth-order valence-electron chi connectivity index (χ4n) is 2.63. The highest BCUT2D eigenvalue weighted by Gasteiger charge is 2.30. The van der Waals surface area contributed by atoms with E-state index in [1.807, 2.05) is 6.92 Å². The number of piperidine rings is 1. The van der Waals surface area contributed by atoms with Gasteiger partial charge in [0, 0.05) is 29.7 Å². The molecule has 0 spiro atoms. The van der Waals surface area contributed by atoms with E-state index in [1.165, 1.54) is 4.31 Å². The van der Waals surface area contributed by atoms with Gasteiger partial charge in [0.05, 0.1) is 5.75 Å². The number of hydrogen-bond acceptors (Lipinski definition) is 3. The molecule has 1 aromatic rings. The molecule has 0 bridgehead atoms. The molecule has 1 saturated heterocycles. The number of nitrogens with zero attached hydrogens (tertiary/aromatic N) is 1. The fourth-order valence-corrected chi connectivity index (χ4v) is 4.43. The number of benzene rings is 1. The average Bonchev–Trinajstić information content (AvgIpc) is 2.55. The Hall–Kier alpha value is -1.11. The number of sulfonamides is 1. The number of carbonyl (C=O) groups excluding carboxylic acids is 1. The van der Waals surface area contributed by atoms with E-state index in [0.717, 1.165) is 6.42 Å². The van der Waals surface area contributed by atoms with Crippen LogP contribution in [0.1, 0.15) is 32.6 Å². The summed E-state index contributed by atoms with van der Waals surface area (Å²) in [7, 11) is -3.17. The van der Waals surface area contributed by atoms with E-state index in [0.29, 0.717) is 43.1 Å². The van der Waals surface area contributed by atoms with Gasteiger partial charge in [-0.3, -0.25) is 4.79 Å². The van der Waals surface area contributed by atoms with Gasteiger partial charge in [0.2, 0.25) is 15.9 Å². The highest BCUT2D eigenvalue weighted by molar-refractivity contribution is 7.89. The van der Waals surface area contributed by atoms with Crippen LogP contribution in [0.5, 0.6) is 0 Å². The molecule has 1 amide bonds. The summed E-state index contributed by atoms with van der Waals surface area (Å²) in [6, 6.07) is 6.95. The van der Waals surface area contributed by atoms with Crippen LogP contribution in [0.2, 0.25) is 5.02 Å². The molecule has 0 aromatic heterocycles. The van der Waals surface area contributed by atoms with Crippen LogP contribution < -0.4 is 5.32 Å². The third kappa shape index (κ3) is 5.19. The Kier molecular flexibility index (Phi) is 6.44. The van der Waals surface area contributed by atoms with Gasteiger partial charge in [0.1, 0.15) is 0 Å². The van der Waals surface area contributed by atoms with Gasteiger partial charge >= 0.3 is 0 Å². The second kappa shape index (κ2) is 8.13. The summed E-state index contributed by atoms with van der Waals surface area (Å²) in [5.74, 6) is -0.00765. The van der Waals surface area contributed by atoms with Gasteiger partial charge in [0.15, 0.2) is 0 Å². The normalized spacial score (nSPS) is 17.1. The number of nitrogens with one attached hydrogen (secondary N) is 1. The molecule has 1 N–H and O–H groups in total. The summed E-state index contributed by atoms with van der Waals surface area (Å²) in [5, 5.41) is 3.48. The fraction of sp³-hybridized carbons (Fsp3) is 0.562. The van der Waals surface area contributed by atoms with E-state index in [9.17, 15) is 13.2 Å². The van der Waals surface area contributed by atoms with E-state index in [4.69, 9.17) is 11.6 Å². The summed E-state index contributed by atoms with van der Waals surface area (Å²) in [5.41, 5.74) is 0.706. The molecule has 128 valence electrons. The molecule has 1 aliphatic heterocycles. The first-order chi connectivity index (χ1) is 10.9. The Balaban J connectivity index is 1.86. The lowest BCUT2D eigenvalue weighted by Gasteiger charge is -2.30. The van der Waals surface area contributed by atoms with Crippen LogP contribution in [0.25, 0.3) is 0 Å². The zero-order valence-electron chi connectivity index (χ0n) is 13.3. The van der Waals surface area contributed by atoms with Crippen LogP contribution >= 0.6 is 11.6 Å². The lowest BCUT2D eigenvalue weighted by molar-refractivity contribution is -0.120. The number of anilines is 1. The Morgan fingerprint density at radius 3 is 2.43 bits per heavy atom. The molecule has 0 unspecified atom stereocenters. The first-order valence-electron chi connectivity index (χ1n) is 7.96. The molecule has 1 aromatic carbocycles. The number of halogens is 1. The van der Waals surface area contributed by atoms with Crippen LogP contribution in [-0.4, -0.2) is 37.5 Å². The predicted molar refractivity (Wildman–Crippen MR) is 93.1 cm³/mol. The third-order valence-corrected chi connectivity index (χ3v) is 6.29. The zero-order valence-corrected chi connectivity index (χ0v) is 14.9. The molecule has 1 fully saturated rings. The summed E-state index contributed by atoms with van der Waals surface area (Å²) in [4.78, 5) is 12.3. The lowest BCUT2D eigenvalue weighted by atomic mass is 9.97. The van der Waals surface area contributed by atoms with Gasteiger partial charge in [-0.1, -0.05) is 24.9 Å². The Bertz CT molecular complexity index is 623. The Labute approximate surface area is 143 Å². The molecule has 7 heteroatoms. The number of rotatable bonds is 6. The van der Waals surface area contributed by atoms with Gasteiger partial charge in [-0.05, 0) is 43.5 Å². The Morgan fingerprint density at radius 2 is 1.87 bits per heavy atom. The van der Waals surface area contributed by atoms with E-state index < -0.39 is 10.0 Å². The zero-order chi connectivity index (χ0) is 16.9. The largest absolute Gasteiger partial charge is 0.326 e. The predicted octanol–water partition coefficient (Wildman–Crippen LogP) is 3.12. The van der Waals surface area contributed by atoms with Gasteiger partial charge in [-0.25, -0.2) is 12.7 Å². The summed E-state index contributed by atoms with van der Waals surface area (Å²) >= 11 is 5.82. The molecule has 0 radical (unpaired) electrons. The summed E-state index contributed by atoms with van der Waals surface area (Å²) in [6.07, 6.45) is 2.66. The van der Waals surface area contributed by atoms with E-state index in [2.05, 4.69) is 5.32 Å². The van der Waals surface area contributed by atoms with Crippen molar-refractivity contribution in [3.63, 3.8) is 0 Å². The van der Waals surface area contributed by atoms with Crippen molar-refractivity contribution in [1.29, 1.82) is 0 Å². The molecule has 23 heavy (non-hydrogen) atoms. The third-order valence-electron chi connectivity index (χ3n) is 4.09. The van der Waals surface area contributed by atoms with Gasteiger partial charge in [-0.15, -0.1) is 0 Å². The van der Waals surface area contributed by atoms with Crippen molar-refractivity contribution in [3.8, 4) is 0 Å². The minimum Gasteiger partial charge on any atom is -0.326 e. The number of amides is 1. The van der Waals surface area contributed by atoms with E-state index in [1.54, 1.807) is 24.3 Å². The second-order valence-electron chi connectivity index (χ2n) is 5.84. The molecule has 1 heterocycles. The van der Waals surface area contributed by atoms with Crippen molar-refractivity contribution in [2.45, 2.75) is 32.6 Å². The number of hydrogen-bond donors (Lipinski definition) is 1. The van der Waals surface area contributed by atoms with Gasteiger partial charge < -0.3 is 5.32 Å². The van der Waals surface area contributed by atoms with Crippen molar-refractivity contribution in [3.05, 3.63) is 29.3 Å². The molecular formula is C16H23ClN2O3S. The molecular weight excluding hydrogens is 336 g/mol.